The van der Waals surface area contributed by atoms with Gasteiger partial charge < -0.3 is 15.4 Å². The lowest BCUT2D eigenvalue weighted by Gasteiger charge is -2.10. The molecule has 0 radical (unpaired) electrons. The van der Waals surface area contributed by atoms with Crippen LogP contribution in [-0.2, 0) is 4.79 Å². The number of anilines is 2. The highest BCUT2D eigenvalue weighted by molar-refractivity contribution is 8.02. The van der Waals surface area contributed by atoms with Crippen LogP contribution in [0.4, 0.5) is 10.8 Å². The fourth-order valence-corrected chi connectivity index (χ4v) is 3.81. The predicted molar refractivity (Wildman–Crippen MR) is 93.5 cm³/mol. The Morgan fingerprint density at radius 3 is 2.74 bits per heavy atom. The van der Waals surface area contributed by atoms with E-state index in [0.717, 1.165) is 20.9 Å². The summed E-state index contributed by atoms with van der Waals surface area (Å²) < 4.78 is 5.89. The van der Waals surface area contributed by atoms with Gasteiger partial charge in [0.25, 0.3) is 0 Å². The first kappa shape index (κ1) is 16.1. The number of hydrogen-bond acceptors (Lipinski definition) is 7. The molecule has 122 valence electrons. The molecule has 1 atom stereocenters. The normalized spacial score (nSPS) is 15.0. The first-order valence-electron chi connectivity index (χ1n) is 7.35. The zero-order valence-corrected chi connectivity index (χ0v) is 14.5. The third-order valence-corrected chi connectivity index (χ3v) is 5.35. The van der Waals surface area contributed by atoms with Crippen LogP contribution in [0.5, 0.6) is 5.75 Å². The van der Waals surface area contributed by atoms with Gasteiger partial charge in [-0.2, -0.15) is 0 Å². The lowest BCUT2D eigenvalue weighted by atomic mass is 10.3. The van der Waals surface area contributed by atoms with Gasteiger partial charge in [-0.15, -0.1) is 10.2 Å². The van der Waals surface area contributed by atoms with Crippen LogP contribution in [0.2, 0.25) is 0 Å². The lowest BCUT2D eigenvalue weighted by Crippen LogP contribution is -2.22. The molecule has 1 amide bonds. The molecule has 8 heteroatoms. The van der Waals surface area contributed by atoms with Gasteiger partial charge in [0.1, 0.15) is 5.75 Å². The van der Waals surface area contributed by atoms with Crippen LogP contribution in [0.25, 0.3) is 0 Å². The Bertz CT molecular complexity index is 670. The molecule has 0 aliphatic heterocycles. The van der Waals surface area contributed by atoms with Crippen molar-refractivity contribution in [2.24, 2.45) is 0 Å². The number of thioether (sulfide) groups is 1. The summed E-state index contributed by atoms with van der Waals surface area (Å²) in [4.78, 5) is 12.2. The summed E-state index contributed by atoms with van der Waals surface area (Å²) in [6.45, 7) is 1.86. The fourth-order valence-electron chi connectivity index (χ4n) is 1.84. The van der Waals surface area contributed by atoms with Gasteiger partial charge in [0.05, 0.1) is 12.4 Å². The first-order chi connectivity index (χ1) is 11.1. The minimum atomic E-state index is -0.251. The average Bonchev–Trinajstić information content (AvgIpc) is 3.26. The van der Waals surface area contributed by atoms with E-state index in [-0.39, 0.29) is 11.2 Å². The molecular formula is C15H18N4O2S2. The third kappa shape index (κ3) is 4.59. The summed E-state index contributed by atoms with van der Waals surface area (Å²) in [7, 11) is 1.61. The van der Waals surface area contributed by atoms with Gasteiger partial charge in [-0.05, 0) is 44.0 Å². The molecular weight excluding hydrogens is 332 g/mol. The number of carbonyl (C=O) groups is 1. The molecule has 6 nitrogen and oxygen atoms in total. The zero-order chi connectivity index (χ0) is 16.2. The molecule has 0 spiro atoms. The number of ether oxygens (including phenoxy) is 1. The van der Waals surface area contributed by atoms with E-state index in [9.17, 15) is 4.79 Å². The van der Waals surface area contributed by atoms with Crippen molar-refractivity contribution in [1.29, 1.82) is 0 Å². The molecule has 1 aromatic heterocycles. The van der Waals surface area contributed by atoms with Crippen molar-refractivity contribution >= 4 is 39.8 Å². The van der Waals surface area contributed by atoms with Crippen LogP contribution < -0.4 is 15.4 Å². The van der Waals surface area contributed by atoms with Crippen LogP contribution in [0, 0.1) is 0 Å². The quantitative estimate of drug-likeness (QED) is 0.747. The Kier molecular flexibility index (Phi) is 5.02. The van der Waals surface area contributed by atoms with Gasteiger partial charge in [0.2, 0.25) is 11.0 Å². The maximum absolute atomic E-state index is 12.2. The van der Waals surface area contributed by atoms with Crippen molar-refractivity contribution in [3.63, 3.8) is 0 Å². The van der Waals surface area contributed by atoms with Gasteiger partial charge >= 0.3 is 0 Å². The smallest absolute Gasteiger partial charge is 0.237 e. The Morgan fingerprint density at radius 1 is 1.35 bits per heavy atom. The molecule has 0 unspecified atom stereocenters. The van der Waals surface area contributed by atoms with Gasteiger partial charge in [-0.3, -0.25) is 4.79 Å². The molecule has 2 N–H and O–H groups in total. The minimum Gasteiger partial charge on any atom is -0.497 e. The molecule has 1 aromatic carbocycles. The number of rotatable bonds is 7. The summed E-state index contributed by atoms with van der Waals surface area (Å²) in [6, 6.07) is 7.81. The van der Waals surface area contributed by atoms with Crippen molar-refractivity contribution in [1.82, 2.24) is 10.2 Å². The molecule has 23 heavy (non-hydrogen) atoms. The molecule has 1 fully saturated rings. The van der Waals surface area contributed by atoms with E-state index in [1.54, 1.807) is 7.11 Å². The standard InChI is InChI=1S/C15H18N4O2S2/c1-9(13(20)16-10-5-7-12(21-2)8-6-10)22-15-19-18-14(23-15)17-11-3-4-11/h5-9,11H,3-4H2,1-2H3,(H,16,20)(H,17,18)/t9-/m1/s1. The highest BCUT2D eigenvalue weighted by Crippen LogP contribution is 2.32. The molecule has 1 heterocycles. The largest absolute Gasteiger partial charge is 0.497 e. The molecule has 1 saturated carbocycles. The van der Waals surface area contributed by atoms with E-state index in [1.807, 2.05) is 31.2 Å². The lowest BCUT2D eigenvalue weighted by molar-refractivity contribution is -0.115. The van der Waals surface area contributed by atoms with Gasteiger partial charge in [-0.1, -0.05) is 23.1 Å². The number of nitrogens with one attached hydrogen (secondary N) is 2. The van der Waals surface area contributed by atoms with Crippen molar-refractivity contribution < 1.29 is 9.53 Å². The Morgan fingerprint density at radius 2 is 2.09 bits per heavy atom. The van der Waals surface area contributed by atoms with Crippen molar-refractivity contribution in [3.8, 4) is 5.75 Å². The van der Waals surface area contributed by atoms with E-state index in [1.165, 1.54) is 35.9 Å². The molecule has 1 aliphatic carbocycles. The van der Waals surface area contributed by atoms with Crippen LogP contribution in [-0.4, -0.2) is 34.5 Å². The topological polar surface area (TPSA) is 76.1 Å². The molecule has 1 aliphatic rings. The van der Waals surface area contributed by atoms with Gasteiger partial charge in [0.15, 0.2) is 4.34 Å². The molecule has 0 saturated heterocycles. The zero-order valence-electron chi connectivity index (χ0n) is 12.9. The molecule has 2 aromatic rings. The van der Waals surface area contributed by atoms with E-state index >= 15 is 0 Å². The highest BCUT2D eigenvalue weighted by atomic mass is 32.2. The summed E-state index contributed by atoms with van der Waals surface area (Å²) in [5, 5.41) is 15.0. The van der Waals surface area contributed by atoms with Crippen LogP contribution in [0.1, 0.15) is 19.8 Å². The minimum absolute atomic E-state index is 0.0629. The van der Waals surface area contributed by atoms with Crippen LogP contribution >= 0.6 is 23.1 Å². The second-order valence-corrected chi connectivity index (χ2v) is 7.84. The number of hydrogen-bond donors (Lipinski definition) is 2. The van der Waals surface area contributed by atoms with Crippen molar-refractivity contribution in [2.75, 3.05) is 17.7 Å². The van der Waals surface area contributed by atoms with Gasteiger partial charge in [-0.25, -0.2) is 0 Å². The predicted octanol–water partition coefficient (Wildman–Crippen LogP) is 3.24. The Hall–Kier alpha value is -1.80. The monoisotopic (exact) mass is 350 g/mol. The maximum atomic E-state index is 12.2. The number of methoxy groups -OCH3 is 1. The van der Waals surface area contributed by atoms with E-state index in [0.29, 0.717) is 6.04 Å². The van der Waals surface area contributed by atoms with Crippen LogP contribution in [0.3, 0.4) is 0 Å². The van der Waals surface area contributed by atoms with Crippen LogP contribution in [0.15, 0.2) is 28.6 Å². The second-order valence-electron chi connectivity index (χ2n) is 5.27. The number of amides is 1. The van der Waals surface area contributed by atoms with Crippen molar-refractivity contribution in [2.45, 2.75) is 35.4 Å². The first-order valence-corrected chi connectivity index (χ1v) is 9.05. The summed E-state index contributed by atoms with van der Waals surface area (Å²) in [5.74, 6) is 0.696. The fraction of sp³-hybridized carbons (Fsp3) is 0.400. The van der Waals surface area contributed by atoms with E-state index in [4.69, 9.17) is 4.74 Å². The Balaban J connectivity index is 1.52. The average molecular weight is 350 g/mol. The number of benzene rings is 1. The number of aromatic nitrogens is 2. The second kappa shape index (κ2) is 7.18. The summed E-state index contributed by atoms with van der Waals surface area (Å²) >= 11 is 2.91. The molecule has 3 rings (SSSR count). The third-order valence-electron chi connectivity index (χ3n) is 3.32. The van der Waals surface area contributed by atoms with E-state index in [2.05, 4.69) is 20.8 Å². The van der Waals surface area contributed by atoms with Gasteiger partial charge in [0, 0.05) is 11.7 Å². The summed E-state index contributed by atoms with van der Waals surface area (Å²) in [5.41, 5.74) is 0.747. The SMILES string of the molecule is COc1ccc(NC(=O)[C@@H](C)Sc2nnc(NC3CC3)s2)cc1. The highest BCUT2D eigenvalue weighted by Gasteiger charge is 2.23. The number of nitrogens with zero attached hydrogens (tertiary/aromatic N) is 2. The maximum Gasteiger partial charge on any atom is 0.237 e. The van der Waals surface area contributed by atoms with Crippen molar-refractivity contribution in [3.05, 3.63) is 24.3 Å². The number of carbonyl (C=O) groups excluding carboxylic acids is 1. The molecule has 0 bridgehead atoms. The van der Waals surface area contributed by atoms with E-state index < -0.39 is 0 Å². The summed E-state index contributed by atoms with van der Waals surface area (Å²) in [6.07, 6.45) is 2.39. The Labute approximate surface area is 143 Å².